The molecule has 10 heteroatoms. The number of esters is 1. The number of rotatable bonds is 6. The first-order valence-corrected chi connectivity index (χ1v) is 8.93. The van der Waals surface area contributed by atoms with Crippen LogP contribution in [0.4, 0.5) is 10.1 Å². The van der Waals surface area contributed by atoms with Gasteiger partial charge in [0.25, 0.3) is 5.69 Å². The lowest BCUT2D eigenvalue weighted by atomic mass is 10.1. The summed E-state index contributed by atoms with van der Waals surface area (Å²) >= 11 is 1.07. The molecular formula is C18H15FN4O4S. The van der Waals surface area contributed by atoms with Crippen LogP contribution in [-0.2, 0) is 11.8 Å². The maximum absolute atomic E-state index is 13.0. The molecule has 1 atom stereocenters. The molecule has 0 saturated heterocycles. The van der Waals surface area contributed by atoms with Crippen molar-refractivity contribution in [3.05, 3.63) is 75.9 Å². The Bertz CT molecular complexity index is 1020. The van der Waals surface area contributed by atoms with E-state index in [1.165, 1.54) is 48.8 Å². The van der Waals surface area contributed by atoms with Crippen LogP contribution >= 0.6 is 11.8 Å². The first kappa shape index (κ1) is 19.5. The second kappa shape index (κ2) is 8.17. The number of nitro benzene ring substituents is 1. The zero-order chi connectivity index (χ0) is 20.3. The third-order valence-corrected chi connectivity index (χ3v) is 5.00. The van der Waals surface area contributed by atoms with Crippen molar-refractivity contribution in [3.63, 3.8) is 0 Å². The molecule has 0 aliphatic carbocycles. The molecule has 3 rings (SSSR count). The number of nitro groups is 1. The summed E-state index contributed by atoms with van der Waals surface area (Å²) in [6.07, 6.45) is 0.844. The topological polar surface area (TPSA) is 100 Å². The van der Waals surface area contributed by atoms with Crippen molar-refractivity contribution in [2.45, 2.75) is 23.1 Å². The lowest BCUT2D eigenvalue weighted by Crippen LogP contribution is -2.10. The maximum atomic E-state index is 13.0. The van der Waals surface area contributed by atoms with Gasteiger partial charge >= 0.3 is 5.97 Å². The Labute approximate surface area is 163 Å². The van der Waals surface area contributed by atoms with Gasteiger partial charge in [-0.15, -0.1) is 10.2 Å². The van der Waals surface area contributed by atoms with Crippen LogP contribution in [0.2, 0.25) is 0 Å². The molecule has 144 valence electrons. The minimum absolute atomic E-state index is 0.0444. The minimum atomic E-state index is -0.713. The van der Waals surface area contributed by atoms with E-state index in [0.29, 0.717) is 15.6 Å². The van der Waals surface area contributed by atoms with Gasteiger partial charge in [0.15, 0.2) is 5.16 Å². The van der Waals surface area contributed by atoms with Crippen LogP contribution in [0, 0.1) is 15.9 Å². The van der Waals surface area contributed by atoms with Gasteiger partial charge in [0, 0.05) is 13.1 Å². The van der Waals surface area contributed by atoms with Crippen LogP contribution in [0.25, 0.3) is 0 Å². The molecule has 3 aromatic rings. The van der Waals surface area contributed by atoms with E-state index in [1.54, 1.807) is 18.5 Å². The molecule has 0 amide bonds. The predicted octanol–water partition coefficient (Wildman–Crippen LogP) is 3.93. The van der Waals surface area contributed by atoms with Crippen molar-refractivity contribution in [1.82, 2.24) is 14.8 Å². The van der Waals surface area contributed by atoms with Crippen LogP contribution in [0.15, 0.2) is 58.8 Å². The van der Waals surface area contributed by atoms with Gasteiger partial charge in [0.05, 0.1) is 15.4 Å². The highest BCUT2D eigenvalue weighted by Gasteiger charge is 2.22. The Balaban J connectivity index is 1.80. The summed E-state index contributed by atoms with van der Waals surface area (Å²) in [7, 11) is 1.72. The molecule has 0 aliphatic rings. The Hall–Kier alpha value is -3.27. The second-order valence-electron chi connectivity index (χ2n) is 5.87. The van der Waals surface area contributed by atoms with Crippen molar-refractivity contribution in [2.75, 3.05) is 0 Å². The molecule has 0 N–H and O–H groups in total. The van der Waals surface area contributed by atoms with Crippen LogP contribution in [0.3, 0.4) is 0 Å². The lowest BCUT2D eigenvalue weighted by Gasteiger charge is -2.14. The summed E-state index contributed by atoms with van der Waals surface area (Å²) < 4.78 is 20.0. The Kier molecular flexibility index (Phi) is 5.69. The number of aromatic nitrogens is 3. The normalized spacial score (nSPS) is 11.8. The maximum Gasteiger partial charge on any atom is 0.338 e. The first-order valence-electron chi connectivity index (χ1n) is 8.12. The van der Waals surface area contributed by atoms with E-state index in [-0.39, 0.29) is 11.3 Å². The molecule has 2 aromatic carbocycles. The zero-order valence-corrected chi connectivity index (χ0v) is 15.7. The monoisotopic (exact) mass is 402 g/mol. The van der Waals surface area contributed by atoms with E-state index in [0.717, 1.165) is 11.8 Å². The average Bonchev–Trinajstić information content (AvgIpc) is 3.07. The van der Waals surface area contributed by atoms with Gasteiger partial charge in [-0.2, -0.15) is 0 Å². The Morgan fingerprint density at radius 2 is 2.00 bits per heavy atom. The standard InChI is InChI=1S/C18H15FN4O4S/c1-11(12-3-6-14(19)7-4-12)27-17(24)13-5-8-16(15(9-13)23(25)26)28-18-21-20-10-22(18)2/h3-11H,1-2H3/t11-/m0/s1. The predicted molar refractivity (Wildman–Crippen MR) is 98.5 cm³/mol. The van der Waals surface area contributed by atoms with E-state index < -0.39 is 22.8 Å². The highest BCUT2D eigenvalue weighted by molar-refractivity contribution is 7.99. The van der Waals surface area contributed by atoms with Crippen molar-refractivity contribution < 1.29 is 18.8 Å². The minimum Gasteiger partial charge on any atom is -0.454 e. The summed E-state index contributed by atoms with van der Waals surface area (Å²) in [4.78, 5) is 23.6. The molecule has 0 unspecified atom stereocenters. The highest BCUT2D eigenvalue weighted by atomic mass is 32.2. The van der Waals surface area contributed by atoms with E-state index in [4.69, 9.17) is 4.74 Å². The van der Waals surface area contributed by atoms with Gasteiger partial charge in [0.1, 0.15) is 18.2 Å². The van der Waals surface area contributed by atoms with Gasteiger partial charge in [-0.25, -0.2) is 9.18 Å². The summed E-state index contributed by atoms with van der Waals surface area (Å²) in [6, 6.07) is 9.64. The Morgan fingerprint density at radius 1 is 1.29 bits per heavy atom. The van der Waals surface area contributed by atoms with Gasteiger partial charge in [-0.05, 0) is 48.5 Å². The van der Waals surface area contributed by atoms with Crippen LogP contribution < -0.4 is 0 Å². The Morgan fingerprint density at radius 3 is 2.61 bits per heavy atom. The molecule has 8 nitrogen and oxygen atoms in total. The third kappa shape index (κ3) is 4.34. The van der Waals surface area contributed by atoms with E-state index >= 15 is 0 Å². The third-order valence-electron chi connectivity index (χ3n) is 3.89. The summed E-state index contributed by atoms with van der Waals surface area (Å²) in [5.41, 5.74) is 0.415. The fourth-order valence-corrected chi connectivity index (χ4v) is 3.22. The zero-order valence-electron chi connectivity index (χ0n) is 14.9. The molecule has 0 saturated carbocycles. The molecule has 0 fully saturated rings. The van der Waals surface area contributed by atoms with E-state index in [2.05, 4.69) is 10.2 Å². The summed E-state index contributed by atoms with van der Waals surface area (Å²) in [6.45, 7) is 1.64. The fraction of sp³-hybridized carbons (Fsp3) is 0.167. The number of carbonyl (C=O) groups is 1. The number of nitrogens with zero attached hydrogens (tertiary/aromatic N) is 4. The van der Waals surface area contributed by atoms with Crippen molar-refractivity contribution in [1.29, 1.82) is 0 Å². The van der Waals surface area contributed by atoms with Crippen LogP contribution in [0.5, 0.6) is 0 Å². The first-order chi connectivity index (χ1) is 13.3. The van der Waals surface area contributed by atoms with Gasteiger partial charge in [-0.3, -0.25) is 10.1 Å². The lowest BCUT2D eigenvalue weighted by molar-refractivity contribution is -0.387. The average molecular weight is 402 g/mol. The molecule has 0 aliphatic heterocycles. The molecule has 0 radical (unpaired) electrons. The number of halogens is 1. The number of hydrogen-bond donors (Lipinski definition) is 0. The fourth-order valence-electron chi connectivity index (χ4n) is 2.37. The molecule has 28 heavy (non-hydrogen) atoms. The van der Waals surface area contributed by atoms with Crippen molar-refractivity contribution in [3.8, 4) is 0 Å². The SMILES string of the molecule is C[C@H](OC(=O)c1ccc(Sc2nncn2C)c([N+](=O)[O-])c1)c1ccc(F)cc1. The molecule has 1 aromatic heterocycles. The molecule has 0 bridgehead atoms. The number of benzene rings is 2. The number of aryl methyl sites for hydroxylation is 1. The van der Waals surface area contributed by atoms with Gasteiger partial charge in [-0.1, -0.05) is 12.1 Å². The van der Waals surface area contributed by atoms with Crippen molar-refractivity contribution in [2.24, 2.45) is 7.05 Å². The van der Waals surface area contributed by atoms with Crippen molar-refractivity contribution >= 4 is 23.4 Å². The number of carbonyl (C=O) groups excluding carboxylic acids is 1. The quantitative estimate of drug-likeness (QED) is 0.350. The van der Waals surface area contributed by atoms with Gasteiger partial charge < -0.3 is 9.30 Å². The molecule has 1 heterocycles. The smallest absolute Gasteiger partial charge is 0.338 e. The molecule has 0 spiro atoms. The summed E-state index contributed by atoms with van der Waals surface area (Å²) in [5.74, 6) is -1.11. The van der Waals surface area contributed by atoms with E-state index in [9.17, 15) is 19.3 Å². The number of ether oxygens (including phenoxy) is 1. The van der Waals surface area contributed by atoms with E-state index in [1.807, 2.05) is 0 Å². The molecular weight excluding hydrogens is 387 g/mol. The largest absolute Gasteiger partial charge is 0.454 e. The van der Waals surface area contributed by atoms with Crippen LogP contribution in [-0.4, -0.2) is 25.7 Å². The second-order valence-corrected chi connectivity index (χ2v) is 6.87. The van der Waals surface area contributed by atoms with Gasteiger partial charge in [0.2, 0.25) is 0 Å². The number of hydrogen-bond acceptors (Lipinski definition) is 7. The summed E-state index contributed by atoms with van der Waals surface area (Å²) in [5, 5.41) is 19.5. The highest BCUT2D eigenvalue weighted by Crippen LogP contribution is 2.34. The van der Waals surface area contributed by atoms with Crippen LogP contribution in [0.1, 0.15) is 28.9 Å².